The van der Waals surface area contributed by atoms with Crippen LogP contribution in [0.2, 0.25) is 0 Å². The number of fused-ring (bicyclic) bond motifs is 2. The van der Waals surface area contributed by atoms with Crippen molar-refractivity contribution in [2.75, 3.05) is 16.3 Å². The lowest BCUT2D eigenvalue weighted by Crippen LogP contribution is -2.32. The number of hydrogen-bond donors (Lipinski definition) is 5. The van der Waals surface area contributed by atoms with Crippen molar-refractivity contribution >= 4 is 61.7 Å². The van der Waals surface area contributed by atoms with Crippen LogP contribution in [0, 0.1) is 0 Å². The van der Waals surface area contributed by atoms with Gasteiger partial charge in [-0.25, -0.2) is 33.3 Å². The van der Waals surface area contributed by atoms with Gasteiger partial charge in [-0.15, -0.1) is 0 Å². The fourth-order valence-corrected chi connectivity index (χ4v) is 4.34. The quantitative estimate of drug-likeness (QED) is 0.180. The lowest BCUT2D eigenvalue weighted by Gasteiger charge is -2.12. The van der Waals surface area contributed by atoms with Crippen LogP contribution >= 0.6 is 0 Å². The Morgan fingerprint density at radius 3 is 2.20 bits per heavy atom. The molecule has 0 saturated carbocycles. The molecule has 204 valence electrons. The van der Waals surface area contributed by atoms with Gasteiger partial charge in [-0.1, -0.05) is 12.2 Å². The number of nitrogens with one attached hydrogen (secondary N) is 5. The normalized spacial score (nSPS) is 12.6. The first-order valence-corrected chi connectivity index (χ1v) is 13.9. The molecule has 15 heteroatoms. The van der Waals surface area contributed by atoms with E-state index in [-0.39, 0.29) is 35.1 Å². The molecule has 1 atom stereocenters. The van der Waals surface area contributed by atoms with E-state index in [4.69, 9.17) is 0 Å². The highest BCUT2D eigenvalue weighted by atomic mass is 32.2. The molecule has 5 rings (SSSR count). The highest BCUT2D eigenvalue weighted by Gasteiger charge is 2.17. The molecular formula is C25H24N10O4S. The molecule has 5 N–H and O–H groups in total. The average Bonchev–Trinajstić information content (AvgIpc) is 3.54. The van der Waals surface area contributed by atoms with Crippen LogP contribution in [-0.4, -0.2) is 67.4 Å². The van der Waals surface area contributed by atoms with Gasteiger partial charge >= 0.3 is 0 Å². The molecule has 2 amide bonds. The molecule has 14 nitrogen and oxygen atoms in total. The monoisotopic (exact) mass is 560 g/mol. The number of hydrogen-bond acceptors (Lipinski definition) is 9. The summed E-state index contributed by atoms with van der Waals surface area (Å²) >= 11 is 0. The molecule has 5 heterocycles. The molecule has 0 spiro atoms. The van der Waals surface area contributed by atoms with Gasteiger partial charge < -0.3 is 20.6 Å². The summed E-state index contributed by atoms with van der Waals surface area (Å²) in [6.45, 7) is 1.84. The molecule has 5 aromatic rings. The Morgan fingerprint density at radius 2 is 1.60 bits per heavy atom. The van der Waals surface area contributed by atoms with Gasteiger partial charge in [0.2, 0.25) is 10.0 Å². The third-order valence-corrected chi connectivity index (χ3v) is 6.15. The average molecular weight is 561 g/mol. The summed E-state index contributed by atoms with van der Waals surface area (Å²) in [4.78, 5) is 51.9. The molecule has 0 aliphatic carbocycles. The summed E-state index contributed by atoms with van der Waals surface area (Å²) < 4.78 is 26.3. The van der Waals surface area contributed by atoms with Crippen LogP contribution in [-0.2, 0) is 10.0 Å². The van der Waals surface area contributed by atoms with E-state index in [0.717, 1.165) is 6.26 Å². The van der Waals surface area contributed by atoms with Crippen LogP contribution < -0.4 is 15.4 Å². The summed E-state index contributed by atoms with van der Waals surface area (Å²) in [6.07, 6.45) is 9.64. The van der Waals surface area contributed by atoms with E-state index in [1.165, 1.54) is 12.3 Å². The van der Waals surface area contributed by atoms with E-state index in [2.05, 4.69) is 50.2 Å². The van der Waals surface area contributed by atoms with Gasteiger partial charge in [-0.3, -0.25) is 14.3 Å². The van der Waals surface area contributed by atoms with E-state index in [1.54, 1.807) is 42.7 Å². The third kappa shape index (κ3) is 6.27. The number of aromatic amines is 2. The van der Waals surface area contributed by atoms with Crippen molar-refractivity contribution in [3.05, 3.63) is 72.2 Å². The number of sulfonamides is 1. The maximum atomic E-state index is 12.8. The number of H-pyrrole nitrogens is 2. The Labute approximate surface area is 227 Å². The van der Waals surface area contributed by atoms with Gasteiger partial charge in [0.25, 0.3) is 11.8 Å². The zero-order chi connectivity index (χ0) is 28.3. The number of rotatable bonds is 9. The highest BCUT2D eigenvalue weighted by Crippen LogP contribution is 2.23. The van der Waals surface area contributed by atoms with Gasteiger partial charge in [0, 0.05) is 24.6 Å². The second-order valence-corrected chi connectivity index (χ2v) is 10.7. The number of carbonyl (C=O) groups is 2. The number of aromatic nitrogens is 7. The van der Waals surface area contributed by atoms with E-state index >= 15 is 0 Å². The third-order valence-electron chi connectivity index (χ3n) is 5.56. The standard InChI is InChI=1S/C25H24N10O4S/c1-14(29-24(36)22-30-16-8-4-10-26-19(16)32-22)6-3-7-15-12-18(35-40(2,38)39)21(28-13-15)34-25(37)23-31-17-9-5-11-27-20(17)33-23/h3-5,7-14,35H,6H2,1-2H3,(H,29,36)(H,26,30,32)(H,27,31,33)(H,28,34,37)/b7-3+/t14-/m0/s1. The minimum atomic E-state index is -3.68. The van der Waals surface area contributed by atoms with Gasteiger partial charge in [0.1, 0.15) is 0 Å². The Kier molecular flexibility index (Phi) is 7.20. The van der Waals surface area contributed by atoms with Crippen LogP contribution in [0.3, 0.4) is 0 Å². The Balaban J connectivity index is 1.26. The van der Waals surface area contributed by atoms with E-state index < -0.39 is 15.9 Å². The summed E-state index contributed by atoms with van der Waals surface area (Å²) in [5.41, 5.74) is 2.72. The summed E-state index contributed by atoms with van der Waals surface area (Å²) in [6, 6.07) is 8.27. The van der Waals surface area contributed by atoms with Gasteiger partial charge in [-0.05, 0) is 49.2 Å². The van der Waals surface area contributed by atoms with Crippen molar-refractivity contribution in [1.82, 2.24) is 40.2 Å². The maximum absolute atomic E-state index is 12.8. The van der Waals surface area contributed by atoms with Crippen LogP contribution in [0.4, 0.5) is 11.5 Å². The van der Waals surface area contributed by atoms with Crippen molar-refractivity contribution in [3.63, 3.8) is 0 Å². The van der Waals surface area contributed by atoms with Crippen molar-refractivity contribution in [2.24, 2.45) is 0 Å². The number of pyridine rings is 3. The molecule has 0 unspecified atom stereocenters. The van der Waals surface area contributed by atoms with E-state index in [0.29, 0.717) is 34.3 Å². The van der Waals surface area contributed by atoms with Gasteiger partial charge in [0.05, 0.1) is 23.0 Å². The molecule has 0 saturated heterocycles. The Hall–Kier alpha value is -5.18. The fourth-order valence-electron chi connectivity index (χ4n) is 3.78. The predicted octanol–water partition coefficient (Wildman–Crippen LogP) is 2.47. The van der Waals surface area contributed by atoms with Crippen molar-refractivity contribution < 1.29 is 18.0 Å². The number of amides is 2. The Bertz CT molecular complexity index is 1800. The first kappa shape index (κ1) is 26.4. The lowest BCUT2D eigenvalue weighted by atomic mass is 10.1. The van der Waals surface area contributed by atoms with Gasteiger partial charge in [0.15, 0.2) is 28.8 Å². The lowest BCUT2D eigenvalue weighted by molar-refractivity contribution is 0.0930. The molecule has 5 aromatic heterocycles. The number of carbonyl (C=O) groups excluding carboxylic acids is 2. The zero-order valence-electron chi connectivity index (χ0n) is 21.3. The SMILES string of the molecule is C[C@@H](C/C=C/c1cnc(NC(=O)c2nc3ncccc3[nH]2)c(NS(C)(=O)=O)c1)NC(=O)c1nc2ncccc2[nH]1. The Morgan fingerprint density at radius 1 is 0.975 bits per heavy atom. The largest absolute Gasteiger partial charge is 0.347 e. The molecular weight excluding hydrogens is 536 g/mol. The molecule has 0 aromatic carbocycles. The first-order valence-electron chi connectivity index (χ1n) is 12.0. The predicted molar refractivity (Wildman–Crippen MR) is 149 cm³/mol. The molecule has 0 radical (unpaired) electrons. The molecule has 40 heavy (non-hydrogen) atoms. The first-order chi connectivity index (χ1) is 19.1. The summed E-state index contributed by atoms with van der Waals surface area (Å²) in [7, 11) is -3.68. The minimum Gasteiger partial charge on any atom is -0.347 e. The zero-order valence-corrected chi connectivity index (χ0v) is 22.2. The smallest absolute Gasteiger partial charge is 0.292 e. The highest BCUT2D eigenvalue weighted by molar-refractivity contribution is 7.92. The number of anilines is 2. The molecule has 0 bridgehead atoms. The van der Waals surface area contributed by atoms with E-state index in [1.807, 2.05) is 13.0 Å². The van der Waals surface area contributed by atoms with Crippen LogP contribution in [0.1, 0.15) is 40.1 Å². The second kappa shape index (κ2) is 10.9. The molecule has 0 fully saturated rings. The van der Waals surface area contributed by atoms with E-state index in [9.17, 15) is 18.0 Å². The van der Waals surface area contributed by atoms with Crippen molar-refractivity contribution in [2.45, 2.75) is 19.4 Å². The van der Waals surface area contributed by atoms with Crippen LogP contribution in [0.5, 0.6) is 0 Å². The van der Waals surface area contributed by atoms with Crippen LogP contribution in [0.25, 0.3) is 28.4 Å². The maximum Gasteiger partial charge on any atom is 0.292 e. The molecule has 0 aliphatic heterocycles. The van der Waals surface area contributed by atoms with Crippen LogP contribution in [0.15, 0.2) is 55.0 Å². The molecule has 0 aliphatic rings. The number of nitrogens with zero attached hydrogens (tertiary/aromatic N) is 5. The summed E-state index contributed by atoms with van der Waals surface area (Å²) in [5.74, 6) is -0.806. The second-order valence-electron chi connectivity index (χ2n) is 8.93. The minimum absolute atomic E-state index is 0.000256. The summed E-state index contributed by atoms with van der Waals surface area (Å²) in [5, 5.41) is 5.44. The van der Waals surface area contributed by atoms with Gasteiger partial charge in [-0.2, -0.15) is 0 Å². The van der Waals surface area contributed by atoms with Crippen molar-refractivity contribution in [1.29, 1.82) is 0 Å². The topological polar surface area (TPSA) is 200 Å². The number of imidazole rings is 2. The van der Waals surface area contributed by atoms with Crippen molar-refractivity contribution in [3.8, 4) is 0 Å². The fraction of sp³-hybridized carbons (Fsp3) is 0.160.